The summed E-state index contributed by atoms with van der Waals surface area (Å²) in [6.07, 6.45) is 3.67. The first-order chi connectivity index (χ1) is 14.8. The number of nitrogens with zero attached hydrogens (tertiary/aromatic N) is 2. The molecule has 1 atom stereocenters. The first-order valence-electron chi connectivity index (χ1n) is 10.7. The Morgan fingerprint density at radius 3 is 2.31 bits per heavy atom. The minimum atomic E-state index is -3.19. The lowest BCUT2D eigenvalue weighted by Gasteiger charge is -2.46. The number of hydrogen-bond acceptors (Lipinski definition) is 5. The van der Waals surface area contributed by atoms with Crippen LogP contribution in [0, 0.1) is 5.41 Å². The molecule has 32 heavy (non-hydrogen) atoms. The number of rotatable bonds is 8. The number of halogens is 2. The molecule has 3 rings (SSSR count). The summed E-state index contributed by atoms with van der Waals surface area (Å²) in [5.74, 6) is -6.60. The minimum absolute atomic E-state index is 0.0868. The molecular weight excluding hydrogens is 424 g/mol. The Labute approximate surface area is 184 Å². The van der Waals surface area contributed by atoms with Crippen LogP contribution >= 0.6 is 0 Å². The molecule has 2 aliphatic rings. The maximum absolute atomic E-state index is 13.8. The van der Waals surface area contributed by atoms with Crippen LogP contribution in [-0.4, -0.2) is 50.8 Å². The van der Waals surface area contributed by atoms with Gasteiger partial charge in [-0.3, -0.25) is 23.9 Å². The zero-order valence-corrected chi connectivity index (χ0v) is 18.5. The molecule has 9 nitrogen and oxygen atoms in total. The van der Waals surface area contributed by atoms with E-state index in [1.165, 1.54) is 23.9 Å². The zero-order chi connectivity index (χ0) is 23.7. The Hall–Kier alpha value is -2.85. The second kappa shape index (κ2) is 8.59. The fourth-order valence-electron chi connectivity index (χ4n) is 4.71. The van der Waals surface area contributed by atoms with Crippen LogP contribution in [0.1, 0.15) is 58.8 Å². The van der Waals surface area contributed by atoms with Gasteiger partial charge in [0.2, 0.25) is 17.6 Å². The fourth-order valence-corrected chi connectivity index (χ4v) is 4.71. The Balaban J connectivity index is 1.76. The molecule has 11 heteroatoms. The van der Waals surface area contributed by atoms with Crippen LogP contribution in [0.15, 0.2) is 12.3 Å². The van der Waals surface area contributed by atoms with Crippen molar-refractivity contribution < 1.29 is 28.0 Å². The Morgan fingerprint density at radius 1 is 1.19 bits per heavy atom. The number of hydrogen-bond donors (Lipinski definition) is 3. The lowest BCUT2D eigenvalue weighted by Crippen LogP contribution is -2.70. The van der Waals surface area contributed by atoms with Crippen LogP contribution in [0.5, 0.6) is 0 Å². The number of carbonyl (C=O) groups is 4. The number of aromatic nitrogens is 2. The molecule has 1 aromatic rings. The molecule has 0 bridgehead atoms. The number of carbonyl (C=O) groups excluding carboxylic acids is 4. The molecule has 176 valence electrons. The van der Waals surface area contributed by atoms with Crippen LogP contribution in [0.25, 0.3) is 0 Å². The summed E-state index contributed by atoms with van der Waals surface area (Å²) in [5, 5.41) is 11.2. The standard InChI is InChI=1S/C21H29F2N5O4/c1-13(29)24-14(10-19(2)7-4-5-8-19)17(31)26-20(11-21(22,23)12-20)16(30)18(32)25-15-6-9-28(3)27-15/h6,9,14H,4-5,7-8,10-12H2,1-3H3,(H,24,29)(H,26,31)(H,25,27,32)/t14-/m0/s1. The first kappa shape index (κ1) is 23.8. The normalized spacial score (nSPS) is 21.2. The molecule has 1 aromatic heterocycles. The molecule has 2 saturated carbocycles. The molecule has 1 heterocycles. The van der Waals surface area contributed by atoms with Crippen molar-refractivity contribution in [2.24, 2.45) is 12.5 Å². The van der Waals surface area contributed by atoms with E-state index < -0.39 is 53.8 Å². The van der Waals surface area contributed by atoms with Crippen molar-refractivity contribution in [2.75, 3.05) is 5.32 Å². The van der Waals surface area contributed by atoms with Crippen molar-refractivity contribution in [1.82, 2.24) is 20.4 Å². The van der Waals surface area contributed by atoms with E-state index in [-0.39, 0.29) is 11.2 Å². The smallest absolute Gasteiger partial charge is 0.295 e. The zero-order valence-electron chi connectivity index (χ0n) is 18.5. The minimum Gasteiger partial charge on any atom is -0.345 e. The molecule has 2 aliphatic carbocycles. The third kappa shape index (κ3) is 5.31. The van der Waals surface area contributed by atoms with Gasteiger partial charge in [0.15, 0.2) is 5.82 Å². The Morgan fingerprint density at radius 2 is 1.81 bits per heavy atom. The summed E-state index contributed by atoms with van der Waals surface area (Å²) < 4.78 is 29.0. The van der Waals surface area contributed by atoms with Crippen molar-refractivity contribution in [1.29, 1.82) is 0 Å². The van der Waals surface area contributed by atoms with Crippen LogP contribution in [-0.2, 0) is 26.2 Å². The van der Waals surface area contributed by atoms with Gasteiger partial charge < -0.3 is 16.0 Å². The highest BCUT2D eigenvalue weighted by Gasteiger charge is 2.63. The van der Waals surface area contributed by atoms with Crippen molar-refractivity contribution in [3.8, 4) is 0 Å². The molecule has 0 unspecified atom stereocenters. The van der Waals surface area contributed by atoms with Crippen molar-refractivity contribution in [3.05, 3.63) is 12.3 Å². The highest BCUT2D eigenvalue weighted by atomic mass is 19.3. The van der Waals surface area contributed by atoms with Gasteiger partial charge in [-0.15, -0.1) is 0 Å². The largest absolute Gasteiger partial charge is 0.345 e. The van der Waals surface area contributed by atoms with Crippen molar-refractivity contribution in [3.63, 3.8) is 0 Å². The van der Waals surface area contributed by atoms with Crippen LogP contribution in [0.3, 0.4) is 0 Å². The van der Waals surface area contributed by atoms with E-state index in [2.05, 4.69) is 21.0 Å². The lowest BCUT2D eigenvalue weighted by molar-refractivity contribution is -0.167. The Kier molecular flexibility index (Phi) is 6.39. The van der Waals surface area contributed by atoms with Gasteiger partial charge in [0.1, 0.15) is 11.6 Å². The summed E-state index contributed by atoms with van der Waals surface area (Å²) in [6.45, 7) is 3.27. The fraction of sp³-hybridized carbons (Fsp3) is 0.667. The van der Waals surface area contributed by atoms with E-state index in [4.69, 9.17) is 0 Å². The van der Waals surface area contributed by atoms with Gasteiger partial charge in [0, 0.05) is 39.1 Å². The molecule has 3 N–H and O–H groups in total. The SMILES string of the molecule is CC(=O)N[C@@H](CC1(C)CCCC1)C(=O)NC1(C(=O)C(=O)Nc2ccn(C)n2)CC(F)(F)C1. The third-order valence-electron chi connectivity index (χ3n) is 6.28. The van der Waals surface area contributed by atoms with Gasteiger partial charge >= 0.3 is 0 Å². The van der Waals surface area contributed by atoms with E-state index >= 15 is 0 Å². The maximum atomic E-state index is 13.8. The molecule has 2 fully saturated rings. The van der Waals surface area contributed by atoms with Crippen LogP contribution in [0.4, 0.5) is 14.6 Å². The molecule has 0 spiro atoms. The molecular formula is C21H29F2N5O4. The molecule has 0 saturated heterocycles. The average molecular weight is 453 g/mol. The molecule has 0 radical (unpaired) electrons. The lowest BCUT2D eigenvalue weighted by atomic mass is 9.69. The first-order valence-corrected chi connectivity index (χ1v) is 10.7. The molecule has 0 aliphatic heterocycles. The van der Waals surface area contributed by atoms with Gasteiger partial charge in [-0.2, -0.15) is 5.10 Å². The number of Topliss-reactive ketones (excluding diaryl/α,β-unsaturated/α-hetero) is 1. The topological polar surface area (TPSA) is 122 Å². The number of nitrogens with one attached hydrogen (secondary N) is 3. The third-order valence-corrected chi connectivity index (χ3v) is 6.28. The van der Waals surface area contributed by atoms with Crippen molar-refractivity contribution in [2.45, 2.75) is 76.3 Å². The van der Waals surface area contributed by atoms with E-state index in [0.717, 1.165) is 25.7 Å². The summed E-state index contributed by atoms with van der Waals surface area (Å²) in [5.41, 5.74) is -2.21. The second-order valence-electron chi connectivity index (χ2n) is 9.41. The van der Waals surface area contributed by atoms with Crippen molar-refractivity contribution >= 4 is 29.3 Å². The van der Waals surface area contributed by atoms with Gasteiger partial charge in [-0.1, -0.05) is 19.8 Å². The number of ketones is 1. The average Bonchev–Trinajstić information content (AvgIpc) is 3.26. The molecule has 3 amide bonds. The van der Waals surface area contributed by atoms with E-state index in [1.807, 2.05) is 6.92 Å². The van der Waals surface area contributed by atoms with Crippen LogP contribution in [0.2, 0.25) is 0 Å². The quantitative estimate of drug-likeness (QED) is 0.517. The highest BCUT2D eigenvalue weighted by molar-refractivity contribution is 6.44. The van der Waals surface area contributed by atoms with Gasteiger partial charge in [0.25, 0.3) is 11.8 Å². The van der Waals surface area contributed by atoms with Gasteiger partial charge in [0.05, 0.1) is 0 Å². The molecule has 0 aromatic carbocycles. The monoisotopic (exact) mass is 453 g/mol. The van der Waals surface area contributed by atoms with E-state index in [9.17, 15) is 28.0 Å². The number of alkyl halides is 2. The summed E-state index contributed by atoms with van der Waals surface area (Å²) >= 11 is 0. The number of anilines is 1. The van der Waals surface area contributed by atoms with E-state index in [1.54, 1.807) is 7.05 Å². The Bertz CT molecular complexity index is 915. The highest BCUT2D eigenvalue weighted by Crippen LogP contribution is 2.47. The maximum Gasteiger partial charge on any atom is 0.295 e. The predicted molar refractivity (Wildman–Crippen MR) is 111 cm³/mol. The number of aryl methyl sites for hydroxylation is 1. The number of amides is 3. The predicted octanol–water partition coefficient (Wildman–Crippen LogP) is 1.69. The summed E-state index contributed by atoms with van der Waals surface area (Å²) in [7, 11) is 1.61. The summed E-state index contributed by atoms with van der Waals surface area (Å²) in [6, 6.07) is 0.453. The van der Waals surface area contributed by atoms with Crippen LogP contribution < -0.4 is 16.0 Å². The summed E-state index contributed by atoms with van der Waals surface area (Å²) in [4.78, 5) is 50.0. The second-order valence-corrected chi connectivity index (χ2v) is 9.41. The van der Waals surface area contributed by atoms with Gasteiger partial charge in [-0.05, 0) is 24.7 Å². The van der Waals surface area contributed by atoms with Gasteiger partial charge in [-0.25, -0.2) is 8.78 Å². The van der Waals surface area contributed by atoms with E-state index in [0.29, 0.717) is 6.42 Å².